The highest BCUT2D eigenvalue weighted by atomic mass is 16.6. The van der Waals surface area contributed by atoms with Crippen LogP contribution in [-0.2, 0) is 11.3 Å². The predicted octanol–water partition coefficient (Wildman–Crippen LogP) is 3.79. The van der Waals surface area contributed by atoms with E-state index in [-0.39, 0.29) is 0 Å². The van der Waals surface area contributed by atoms with Crippen molar-refractivity contribution in [2.45, 2.75) is 39.5 Å². The van der Waals surface area contributed by atoms with Crippen molar-refractivity contribution in [1.82, 2.24) is 0 Å². The third-order valence-corrected chi connectivity index (χ3v) is 2.64. The van der Waals surface area contributed by atoms with Crippen LogP contribution in [-0.4, -0.2) is 12.8 Å². The monoisotopic (exact) mass is 219 g/mol. The van der Waals surface area contributed by atoms with E-state index in [4.69, 9.17) is 4.84 Å². The van der Waals surface area contributed by atoms with Gasteiger partial charge in [0.2, 0.25) is 0 Å². The molecule has 0 saturated carbocycles. The van der Waals surface area contributed by atoms with Crippen molar-refractivity contribution in [2.75, 3.05) is 7.11 Å². The smallest absolute Gasteiger partial charge is 0.106 e. The molecule has 1 rings (SSSR count). The maximum atomic E-state index is 4.83. The lowest BCUT2D eigenvalue weighted by atomic mass is 10.0. The minimum absolute atomic E-state index is 0.891. The van der Waals surface area contributed by atoms with E-state index in [2.05, 4.69) is 43.3 Å². The van der Waals surface area contributed by atoms with E-state index < -0.39 is 0 Å². The SMILES string of the molecule is CCCCc1ccc(/C(CC)=N\OC)cc1. The van der Waals surface area contributed by atoms with Gasteiger partial charge in [-0.3, -0.25) is 0 Å². The molecule has 16 heavy (non-hydrogen) atoms. The molecule has 0 unspecified atom stereocenters. The Bertz CT molecular complexity index is 327. The number of nitrogens with zero attached hydrogens (tertiary/aromatic N) is 1. The Morgan fingerprint density at radius 2 is 1.88 bits per heavy atom. The number of unbranched alkanes of at least 4 members (excludes halogenated alkanes) is 1. The fraction of sp³-hybridized carbons (Fsp3) is 0.500. The minimum atomic E-state index is 0.891. The number of aryl methyl sites for hydroxylation is 1. The second-order valence-corrected chi connectivity index (χ2v) is 3.87. The number of rotatable bonds is 6. The largest absolute Gasteiger partial charge is 0.399 e. The Morgan fingerprint density at radius 1 is 1.19 bits per heavy atom. The predicted molar refractivity (Wildman–Crippen MR) is 68.9 cm³/mol. The molecule has 0 aliphatic carbocycles. The maximum Gasteiger partial charge on any atom is 0.106 e. The van der Waals surface area contributed by atoms with Gasteiger partial charge >= 0.3 is 0 Å². The number of oxime groups is 1. The molecule has 0 bridgehead atoms. The molecular weight excluding hydrogens is 198 g/mol. The van der Waals surface area contributed by atoms with Crippen LogP contribution in [0.2, 0.25) is 0 Å². The third kappa shape index (κ3) is 3.69. The Morgan fingerprint density at radius 3 is 2.38 bits per heavy atom. The highest BCUT2D eigenvalue weighted by Crippen LogP contribution is 2.10. The molecule has 0 aliphatic rings. The Kier molecular flexibility index (Phi) is 5.62. The van der Waals surface area contributed by atoms with Crippen molar-refractivity contribution < 1.29 is 4.84 Å². The summed E-state index contributed by atoms with van der Waals surface area (Å²) in [5.74, 6) is 0. The van der Waals surface area contributed by atoms with Crippen LogP contribution in [0, 0.1) is 0 Å². The molecule has 0 spiro atoms. The van der Waals surface area contributed by atoms with Gasteiger partial charge in [-0.05, 0) is 30.4 Å². The van der Waals surface area contributed by atoms with E-state index in [0.29, 0.717) is 0 Å². The molecule has 0 heterocycles. The zero-order chi connectivity index (χ0) is 11.8. The van der Waals surface area contributed by atoms with Crippen molar-refractivity contribution in [2.24, 2.45) is 5.16 Å². The molecule has 1 aromatic rings. The lowest BCUT2D eigenvalue weighted by Crippen LogP contribution is -1.99. The van der Waals surface area contributed by atoms with E-state index in [0.717, 1.165) is 17.7 Å². The molecule has 0 amide bonds. The first-order chi connectivity index (χ1) is 7.81. The average Bonchev–Trinajstić information content (AvgIpc) is 2.34. The summed E-state index contributed by atoms with van der Waals surface area (Å²) in [6.45, 7) is 4.30. The van der Waals surface area contributed by atoms with E-state index in [1.54, 1.807) is 7.11 Å². The van der Waals surface area contributed by atoms with Crippen molar-refractivity contribution in [1.29, 1.82) is 0 Å². The highest BCUT2D eigenvalue weighted by Gasteiger charge is 2.01. The lowest BCUT2D eigenvalue weighted by Gasteiger charge is -2.05. The molecule has 2 nitrogen and oxygen atoms in total. The van der Waals surface area contributed by atoms with Crippen LogP contribution in [0.5, 0.6) is 0 Å². The van der Waals surface area contributed by atoms with Gasteiger partial charge in [-0.2, -0.15) is 0 Å². The first kappa shape index (κ1) is 12.8. The molecule has 0 aromatic heterocycles. The highest BCUT2D eigenvalue weighted by molar-refractivity contribution is 6.00. The summed E-state index contributed by atoms with van der Waals surface area (Å²) in [6.07, 6.45) is 4.56. The van der Waals surface area contributed by atoms with Gasteiger partial charge in [-0.1, -0.05) is 49.7 Å². The van der Waals surface area contributed by atoms with Gasteiger partial charge in [-0.25, -0.2) is 0 Å². The summed E-state index contributed by atoms with van der Waals surface area (Å²) in [7, 11) is 1.59. The van der Waals surface area contributed by atoms with Crippen LogP contribution in [0.1, 0.15) is 44.2 Å². The van der Waals surface area contributed by atoms with Gasteiger partial charge in [0.25, 0.3) is 0 Å². The molecule has 2 heteroatoms. The number of hydrogen-bond donors (Lipinski definition) is 0. The van der Waals surface area contributed by atoms with Gasteiger partial charge in [-0.15, -0.1) is 0 Å². The van der Waals surface area contributed by atoms with Crippen molar-refractivity contribution in [3.63, 3.8) is 0 Å². The minimum Gasteiger partial charge on any atom is -0.399 e. The number of benzene rings is 1. The summed E-state index contributed by atoms with van der Waals surface area (Å²) in [4.78, 5) is 4.83. The molecule has 0 N–H and O–H groups in total. The standard InChI is InChI=1S/C14H21NO/c1-4-6-7-12-8-10-13(11-9-12)14(5-2)15-16-3/h8-11H,4-7H2,1-3H3/b15-14-. The fourth-order valence-electron chi connectivity index (χ4n) is 1.68. The second-order valence-electron chi connectivity index (χ2n) is 3.87. The second kappa shape index (κ2) is 7.04. The summed E-state index contributed by atoms with van der Waals surface area (Å²) >= 11 is 0. The van der Waals surface area contributed by atoms with Crippen LogP contribution in [0.15, 0.2) is 29.4 Å². The van der Waals surface area contributed by atoms with E-state index in [9.17, 15) is 0 Å². The lowest BCUT2D eigenvalue weighted by molar-refractivity contribution is 0.213. The van der Waals surface area contributed by atoms with Gasteiger partial charge in [0.15, 0.2) is 0 Å². The molecule has 0 saturated heterocycles. The van der Waals surface area contributed by atoms with Gasteiger partial charge in [0.05, 0.1) is 5.71 Å². The fourth-order valence-corrected chi connectivity index (χ4v) is 1.68. The van der Waals surface area contributed by atoms with E-state index in [1.165, 1.54) is 24.8 Å². The van der Waals surface area contributed by atoms with Crippen LogP contribution >= 0.6 is 0 Å². The van der Waals surface area contributed by atoms with Gasteiger partial charge < -0.3 is 4.84 Å². The molecule has 88 valence electrons. The van der Waals surface area contributed by atoms with E-state index in [1.807, 2.05) is 0 Å². The zero-order valence-corrected chi connectivity index (χ0v) is 10.5. The summed E-state index contributed by atoms with van der Waals surface area (Å²) in [5.41, 5.74) is 3.56. The molecule has 0 aliphatic heterocycles. The van der Waals surface area contributed by atoms with Gasteiger partial charge in [0, 0.05) is 0 Å². The van der Waals surface area contributed by atoms with Crippen LogP contribution in [0.25, 0.3) is 0 Å². The summed E-state index contributed by atoms with van der Waals surface area (Å²) in [6, 6.07) is 8.64. The molecular formula is C14H21NO. The van der Waals surface area contributed by atoms with Crippen LogP contribution in [0.4, 0.5) is 0 Å². The van der Waals surface area contributed by atoms with Crippen molar-refractivity contribution >= 4 is 5.71 Å². The van der Waals surface area contributed by atoms with Gasteiger partial charge in [0.1, 0.15) is 7.11 Å². The third-order valence-electron chi connectivity index (χ3n) is 2.64. The molecule has 0 atom stereocenters. The number of hydrogen-bond acceptors (Lipinski definition) is 2. The Hall–Kier alpha value is -1.31. The van der Waals surface area contributed by atoms with Crippen molar-refractivity contribution in [3.05, 3.63) is 35.4 Å². The Balaban J connectivity index is 2.73. The summed E-state index contributed by atoms with van der Waals surface area (Å²) in [5, 5.41) is 4.02. The topological polar surface area (TPSA) is 21.6 Å². The van der Waals surface area contributed by atoms with Crippen LogP contribution < -0.4 is 0 Å². The zero-order valence-electron chi connectivity index (χ0n) is 10.5. The van der Waals surface area contributed by atoms with Crippen molar-refractivity contribution in [3.8, 4) is 0 Å². The molecule has 1 aromatic carbocycles. The quantitative estimate of drug-likeness (QED) is 0.527. The first-order valence-corrected chi connectivity index (χ1v) is 6.01. The summed E-state index contributed by atoms with van der Waals surface area (Å²) < 4.78 is 0. The first-order valence-electron chi connectivity index (χ1n) is 6.01. The van der Waals surface area contributed by atoms with E-state index >= 15 is 0 Å². The molecule has 0 radical (unpaired) electrons. The normalized spacial score (nSPS) is 11.6. The van der Waals surface area contributed by atoms with Crippen LogP contribution in [0.3, 0.4) is 0 Å². The molecule has 0 fully saturated rings. The maximum absolute atomic E-state index is 4.83. The Labute approximate surface area is 98.3 Å². The average molecular weight is 219 g/mol.